The van der Waals surface area contributed by atoms with Crippen molar-refractivity contribution in [3.63, 3.8) is 0 Å². The standard InChI is InChI=1S/C23H20F2N2O4/c1-30-20-5-3-2-4-19(20)27-22(29)16-8-10-17(11-9-16)26-21(28)14-15-6-12-18(13-7-15)31-23(24)25/h2-13,23H,14H2,1H3,(H,26,28)(H,27,29). The molecule has 2 N–H and O–H groups in total. The summed E-state index contributed by atoms with van der Waals surface area (Å²) in [4.78, 5) is 24.7. The molecule has 0 atom stereocenters. The molecule has 31 heavy (non-hydrogen) atoms. The highest BCUT2D eigenvalue weighted by Crippen LogP contribution is 2.24. The van der Waals surface area contributed by atoms with E-state index in [0.717, 1.165) is 0 Å². The van der Waals surface area contributed by atoms with Crippen LogP contribution < -0.4 is 20.1 Å². The van der Waals surface area contributed by atoms with Crippen molar-refractivity contribution in [2.45, 2.75) is 13.0 Å². The number of alkyl halides is 2. The van der Waals surface area contributed by atoms with E-state index in [1.165, 1.54) is 19.2 Å². The monoisotopic (exact) mass is 426 g/mol. The Morgan fingerprint density at radius 1 is 0.903 bits per heavy atom. The Balaban J connectivity index is 1.56. The van der Waals surface area contributed by atoms with Gasteiger partial charge in [-0.2, -0.15) is 8.78 Å². The Morgan fingerprint density at radius 2 is 1.58 bits per heavy atom. The average Bonchev–Trinajstić information content (AvgIpc) is 2.75. The zero-order valence-corrected chi connectivity index (χ0v) is 16.6. The number of carbonyl (C=O) groups excluding carboxylic acids is 2. The van der Waals surface area contributed by atoms with Gasteiger partial charge in [-0.1, -0.05) is 24.3 Å². The molecule has 0 aliphatic heterocycles. The molecule has 0 aliphatic rings. The molecule has 0 saturated carbocycles. The van der Waals surface area contributed by atoms with E-state index in [1.807, 2.05) is 0 Å². The molecule has 0 spiro atoms. The van der Waals surface area contributed by atoms with E-state index in [0.29, 0.717) is 28.3 Å². The highest BCUT2D eigenvalue weighted by atomic mass is 19.3. The van der Waals surface area contributed by atoms with Crippen LogP contribution in [0.25, 0.3) is 0 Å². The van der Waals surface area contributed by atoms with Crippen LogP contribution in [0.3, 0.4) is 0 Å². The van der Waals surface area contributed by atoms with Crippen LogP contribution in [0, 0.1) is 0 Å². The van der Waals surface area contributed by atoms with Crippen LogP contribution in [0.4, 0.5) is 20.2 Å². The minimum Gasteiger partial charge on any atom is -0.495 e. The third-order valence-electron chi connectivity index (χ3n) is 4.30. The predicted molar refractivity (Wildman–Crippen MR) is 113 cm³/mol. The van der Waals surface area contributed by atoms with Crippen molar-refractivity contribution in [3.05, 3.63) is 83.9 Å². The fourth-order valence-electron chi connectivity index (χ4n) is 2.83. The highest BCUT2D eigenvalue weighted by molar-refractivity contribution is 6.05. The maximum atomic E-state index is 12.4. The van der Waals surface area contributed by atoms with Gasteiger partial charge in [0.2, 0.25) is 5.91 Å². The number of para-hydroxylation sites is 2. The number of rotatable bonds is 8. The number of carbonyl (C=O) groups is 2. The number of ether oxygens (including phenoxy) is 2. The number of methoxy groups -OCH3 is 1. The first-order valence-corrected chi connectivity index (χ1v) is 9.32. The number of nitrogens with one attached hydrogen (secondary N) is 2. The van der Waals surface area contributed by atoms with Gasteiger partial charge < -0.3 is 20.1 Å². The highest BCUT2D eigenvalue weighted by Gasteiger charge is 2.11. The fraction of sp³-hybridized carbons (Fsp3) is 0.130. The lowest BCUT2D eigenvalue weighted by Gasteiger charge is -2.10. The summed E-state index contributed by atoms with van der Waals surface area (Å²) >= 11 is 0. The van der Waals surface area contributed by atoms with Gasteiger partial charge in [0.25, 0.3) is 5.91 Å². The van der Waals surface area contributed by atoms with Crippen LogP contribution in [-0.2, 0) is 11.2 Å². The SMILES string of the molecule is COc1ccccc1NC(=O)c1ccc(NC(=O)Cc2ccc(OC(F)F)cc2)cc1. The average molecular weight is 426 g/mol. The number of anilines is 2. The molecular weight excluding hydrogens is 406 g/mol. The molecule has 0 aromatic heterocycles. The lowest BCUT2D eigenvalue weighted by atomic mass is 10.1. The van der Waals surface area contributed by atoms with E-state index in [-0.39, 0.29) is 24.0 Å². The summed E-state index contributed by atoms with van der Waals surface area (Å²) in [6.45, 7) is -2.89. The maximum absolute atomic E-state index is 12.4. The van der Waals surface area contributed by atoms with Crippen molar-refractivity contribution in [3.8, 4) is 11.5 Å². The normalized spacial score (nSPS) is 10.5. The number of halogens is 2. The molecule has 0 heterocycles. The summed E-state index contributed by atoms with van der Waals surface area (Å²) in [6, 6.07) is 19.3. The quantitative estimate of drug-likeness (QED) is 0.546. The summed E-state index contributed by atoms with van der Waals surface area (Å²) < 4.78 is 33.8. The molecule has 0 bridgehead atoms. The van der Waals surface area contributed by atoms with Gasteiger partial charge in [-0.15, -0.1) is 0 Å². The van der Waals surface area contributed by atoms with Gasteiger partial charge in [0.15, 0.2) is 0 Å². The molecule has 0 saturated heterocycles. The van der Waals surface area contributed by atoms with Crippen LogP contribution >= 0.6 is 0 Å². The van der Waals surface area contributed by atoms with Crippen molar-refractivity contribution in [1.29, 1.82) is 0 Å². The third-order valence-corrected chi connectivity index (χ3v) is 4.30. The maximum Gasteiger partial charge on any atom is 0.387 e. The minimum atomic E-state index is -2.89. The zero-order valence-electron chi connectivity index (χ0n) is 16.6. The molecule has 0 aliphatic carbocycles. The number of hydrogen-bond donors (Lipinski definition) is 2. The Hall–Kier alpha value is -3.94. The van der Waals surface area contributed by atoms with Gasteiger partial charge >= 0.3 is 6.61 Å². The van der Waals surface area contributed by atoms with Gasteiger partial charge in [0.05, 0.1) is 19.2 Å². The Kier molecular flexibility index (Phi) is 7.16. The zero-order chi connectivity index (χ0) is 22.2. The molecule has 3 rings (SSSR count). The van der Waals surface area contributed by atoms with Crippen molar-refractivity contribution < 1.29 is 27.8 Å². The van der Waals surface area contributed by atoms with Crippen molar-refractivity contribution in [2.75, 3.05) is 17.7 Å². The third kappa shape index (κ3) is 6.27. The topological polar surface area (TPSA) is 76.7 Å². The number of benzene rings is 3. The Morgan fingerprint density at radius 3 is 2.23 bits per heavy atom. The molecule has 8 heteroatoms. The number of amides is 2. The van der Waals surface area contributed by atoms with Gasteiger partial charge in [-0.05, 0) is 54.1 Å². The van der Waals surface area contributed by atoms with E-state index >= 15 is 0 Å². The van der Waals surface area contributed by atoms with Crippen molar-refractivity contribution >= 4 is 23.2 Å². The molecule has 3 aromatic carbocycles. The van der Waals surface area contributed by atoms with Crippen LogP contribution in [0.15, 0.2) is 72.8 Å². The second-order valence-electron chi connectivity index (χ2n) is 6.48. The van der Waals surface area contributed by atoms with Crippen LogP contribution in [0.5, 0.6) is 11.5 Å². The van der Waals surface area contributed by atoms with Gasteiger partial charge in [-0.25, -0.2) is 0 Å². The molecular formula is C23H20F2N2O4. The van der Waals surface area contributed by atoms with Crippen molar-refractivity contribution in [1.82, 2.24) is 0 Å². The summed E-state index contributed by atoms with van der Waals surface area (Å²) in [5.41, 5.74) is 2.14. The molecule has 3 aromatic rings. The second-order valence-corrected chi connectivity index (χ2v) is 6.48. The summed E-state index contributed by atoms with van der Waals surface area (Å²) in [5.74, 6) is -0.0167. The largest absolute Gasteiger partial charge is 0.495 e. The molecule has 0 fully saturated rings. The first-order chi connectivity index (χ1) is 14.9. The molecule has 0 radical (unpaired) electrons. The summed E-state index contributed by atoms with van der Waals surface area (Å²) in [5, 5.41) is 5.51. The Labute approximate surface area is 177 Å². The van der Waals surface area contributed by atoms with E-state index in [2.05, 4.69) is 15.4 Å². The lowest BCUT2D eigenvalue weighted by molar-refractivity contribution is -0.115. The van der Waals surface area contributed by atoms with E-state index in [4.69, 9.17) is 4.74 Å². The van der Waals surface area contributed by atoms with Crippen LogP contribution in [-0.4, -0.2) is 25.5 Å². The minimum absolute atomic E-state index is 0.0288. The van der Waals surface area contributed by atoms with Gasteiger partial charge in [-0.3, -0.25) is 9.59 Å². The van der Waals surface area contributed by atoms with E-state index in [1.54, 1.807) is 60.7 Å². The second kappa shape index (κ2) is 10.2. The lowest BCUT2D eigenvalue weighted by Crippen LogP contribution is -2.15. The molecule has 160 valence electrons. The molecule has 0 unspecified atom stereocenters. The van der Waals surface area contributed by atoms with E-state index < -0.39 is 6.61 Å². The summed E-state index contributed by atoms with van der Waals surface area (Å²) in [6.07, 6.45) is 0.0605. The first-order valence-electron chi connectivity index (χ1n) is 9.32. The van der Waals surface area contributed by atoms with Crippen molar-refractivity contribution in [2.24, 2.45) is 0 Å². The smallest absolute Gasteiger partial charge is 0.387 e. The molecule has 6 nitrogen and oxygen atoms in total. The molecule has 2 amide bonds. The van der Waals surface area contributed by atoms with Gasteiger partial charge in [0.1, 0.15) is 11.5 Å². The first kappa shape index (κ1) is 21.8. The predicted octanol–water partition coefficient (Wildman–Crippen LogP) is 4.73. The van der Waals surface area contributed by atoms with Gasteiger partial charge in [0, 0.05) is 11.3 Å². The number of hydrogen-bond acceptors (Lipinski definition) is 4. The Bertz CT molecular complexity index is 1040. The van der Waals surface area contributed by atoms with E-state index in [9.17, 15) is 18.4 Å². The van der Waals surface area contributed by atoms with Crippen LogP contribution in [0.2, 0.25) is 0 Å². The fourth-order valence-corrected chi connectivity index (χ4v) is 2.83. The van der Waals surface area contributed by atoms with Crippen LogP contribution in [0.1, 0.15) is 15.9 Å². The summed E-state index contributed by atoms with van der Waals surface area (Å²) in [7, 11) is 1.52.